The minimum atomic E-state index is -1.44. The molecule has 2 aromatic carbocycles. The van der Waals surface area contributed by atoms with Crippen LogP contribution in [0, 0.1) is 0 Å². The van der Waals surface area contributed by atoms with Crippen molar-refractivity contribution < 1.29 is 19.2 Å². The third kappa shape index (κ3) is 3.45. The van der Waals surface area contributed by atoms with E-state index < -0.39 is 35.8 Å². The van der Waals surface area contributed by atoms with Crippen LogP contribution in [0.3, 0.4) is 0 Å². The van der Waals surface area contributed by atoms with E-state index in [2.05, 4.69) is 10.6 Å². The fourth-order valence-electron chi connectivity index (χ4n) is 4.72. The van der Waals surface area contributed by atoms with E-state index in [9.17, 15) is 19.2 Å². The first-order valence-corrected chi connectivity index (χ1v) is 11.7. The van der Waals surface area contributed by atoms with Crippen molar-refractivity contribution in [3.63, 3.8) is 0 Å². The zero-order chi connectivity index (χ0) is 23.9. The first-order valence-electron chi connectivity index (χ1n) is 10.9. The second-order valence-electron chi connectivity index (χ2n) is 8.28. The first kappa shape index (κ1) is 21.8. The van der Waals surface area contributed by atoms with Gasteiger partial charge in [0.05, 0.1) is 5.56 Å². The zero-order valence-corrected chi connectivity index (χ0v) is 19.0. The van der Waals surface area contributed by atoms with Crippen LogP contribution >= 0.6 is 11.3 Å². The van der Waals surface area contributed by atoms with Crippen molar-refractivity contribution in [3.05, 3.63) is 87.8 Å². The third-order valence-electron chi connectivity index (χ3n) is 6.24. The molecule has 1 aliphatic heterocycles. The normalized spacial score (nSPS) is 16.3. The van der Waals surface area contributed by atoms with Crippen molar-refractivity contribution in [1.29, 1.82) is 0 Å². The number of thiophene rings is 1. The van der Waals surface area contributed by atoms with Gasteiger partial charge in [-0.2, -0.15) is 0 Å². The lowest BCUT2D eigenvalue weighted by Crippen LogP contribution is -2.45. The summed E-state index contributed by atoms with van der Waals surface area (Å²) in [7, 11) is 0. The Kier molecular flexibility index (Phi) is 5.41. The van der Waals surface area contributed by atoms with Gasteiger partial charge in [-0.1, -0.05) is 60.7 Å². The Morgan fingerprint density at radius 2 is 1.62 bits per heavy atom. The number of amides is 5. The van der Waals surface area contributed by atoms with Crippen LogP contribution in [0.1, 0.15) is 38.3 Å². The Bertz CT molecular complexity index is 1260. The number of nitrogens with two attached hydrogens (primary N) is 1. The molecule has 1 aromatic heterocycles. The third-order valence-corrected chi connectivity index (χ3v) is 7.45. The van der Waals surface area contributed by atoms with Gasteiger partial charge in [0.2, 0.25) is 5.91 Å². The molecule has 1 aliphatic carbocycles. The van der Waals surface area contributed by atoms with E-state index in [1.54, 1.807) is 48.5 Å². The Morgan fingerprint density at radius 3 is 2.21 bits per heavy atom. The highest BCUT2D eigenvalue weighted by Crippen LogP contribution is 2.39. The summed E-state index contributed by atoms with van der Waals surface area (Å²) in [6.45, 7) is -0.493. The van der Waals surface area contributed by atoms with Crippen LogP contribution in [0.2, 0.25) is 0 Å². The van der Waals surface area contributed by atoms with E-state index in [1.807, 2.05) is 12.1 Å². The summed E-state index contributed by atoms with van der Waals surface area (Å²) < 4.78 is 0. The number of carbonyl (C=O) groups is 4. The molecule has 0 spiro atoms. The van der Waals surface area contributed by atoms with Crippen molar-refractivity contribution in [2.75, 3.05) is 11.9 Å². The predicted molar refractivity (Wildman–Crippen MR) is 127 cm³/mol. The van der Waals surface area contributed by atoms with Gasteiger partial charge < -0.3 is 16.4 Å². The minimum absolute atomic E-state index is 0.325. The maximum atomic E-state index is 13.7. The fourth-order valence-corrected chi connectivity index (χ4v) is 6.03. The molecule has 4 N–H and O–H groups in total. The maximum absolute atomic E-state index is 13.7. The number of hydrogen-bond acceptors (Lipinski definition) is 5. The van der Waals surface area contributed by atoms with Crippen LogP contribution in [0.25, 0.3) is 0 Å². The maximum Gasteiger partial charge on any atom is 0.326 e. The van der Waals surface area contributed by atoms with Gasteiger partial charge >= 0.3 is 6.03 Å². The number of nitrogens with one attached hydrogen (secondary N) is 2. The number of hydrogen-bond donors (Lipinski definition) is 3. The molecule has 3 aromatic rings. The molecule has 1 saturated heterocycles. The number of nitrogens with zero attached hydrogens (tertiary/aromatic N) is 1. The molecule has 5 amide bonds. The molecule has 5 rings (SSSR count). The van der Waals surface area contributed by atoms with Gasteiger partial charge in [-0.3, -0.25) is 19.3 Å². The van der Waals surface area contributed by atoms with Crippen LogP contribution < -0.4 is 16.4 Å². The van der Waals surface area contributed by atoms with Crippen LogP contribution in [-0.2, 0) is 28.0 Å². The van der Waals surface area contributed by atoms with Crippen molar-refractivity contribution >= 4 is 40.1 Å². The fraction of sp³-hybridized carbons (Fsp3) is 0.200. The van der Waals surface area contributed by atoms with Gasteiger partial charge in [0.15, 0.2) is 5.54 Å². The topological polar surface area (TPSA) is 122 Å². The van der Waals surface area contributed by atoms with E-state index in [0.717, 1.165) is 34.6 Å². The average Bonchev–Trinajstić information content (AvgIpc) is 3.48. The molecule has 9 heteroatoms. The number of benzene rings is 2. The van der Waals surface area contributed by atoms with Crippen molar-refractivity contribution in [1.82, 2.24) is 10.2 Å². The number of imide groups is 1. The van der Waals surface area contributed by atoms with Crippen LogP contribution in [0.15, 0.2) is 60.7 Å². The number of anilines is 1. The SMILES string of the molecule is NC(=O)c1c(NC(=O)CN2C(=O)NC(c3ccccc3)(c3ccccc3)C2=O)sc2c1CCC2. The van der Waals surface area contributed by atoms with E-state index in [1.165, 1.54) is 11.3 Å². The summed E-state index contributed by atoms with van der Waals surface area (Å²) in [6, 6.07) is 17.2. The lowest BCUT2D eigenvalue weighted by Gasteiger charge is -2.27. The Hall–Kier alpha value is -3.98. The van der Waals surface area contributed by atoms with Gasteiger partial charge in [-0.15, -0.1) is 11.3 Å². The highest BCUT2D eigenvalue weighted by atomic mass is 32.1. The molecule has 0 bridgehead atoms. The summed E-state index contributed by atoms with van der Waals surface area (Å²) in [5, 5.41) is 5.88. The Morgan fingerprint density at radius 1 is 1.00 bits per heavy atom. The summed E-state index contributed by atoms with van der Waals surface area (Å²) in [4.78, 5) is 53.5. The standard InChI is InChI=1S/C25H22N4O4S/c26-21(31)20-17-12-7-13-18(17)34-22(20)27-19(30)14-29-23(32)25(28-24(29)33,15-8-3-1-4-9-15)16-10-5-2-6-11-16/h1-6,8-11H,7,12-14H2,(H2,26,31)(H,27,30)(H,28,33). The molecule has 34 heavy (non-hydrogen) atoms. The van der Waals surface area contributed by atoms with Gasteiger partial charge in [0.25, 0.3) is 11.8 Å². The second-order valence-corrected chi connectivity index (χ2v) is 9.38. The highest BCUT2D eigenvalue weighted by molar-refractivity contribution is 7.17. The van der Waals surface area contributed by atoms with Crippen molar-refractivity contribution in [2.24, 2.45) is 5.73 Å². The lowest BCUT2D eigenvalue weighted by atomic mass is 9.82. The Balaban J connectivity index is 1.44. The molecule has 1 fully saturated rings. The van der Waals surface area contributed by atoms with E-state index in [0.29, 0.717) is 21.7 Å². The van der Waals surface area contributed by atoms with E-state index in [-0.39, 0.29) is 0 Å². The summed E-state index contributed by atoms with van der Waals surface area (Å²) in [6.07, 6.45) is 2.52. The molecule has 172 valence electrons. The van der Waals surface area contributed by atoms with Crippen LogP contribution in [0.4, 0.5) is 9.80 Å². The van der Waals surface area contributed by atoms with E-state index >= 15 is 0 Å². The van der Waals surface area contributed by atoms with Crippen LogP contribution in [0.5, 0.6) is 0 Å². The summed E-state index contributed by atoms with van der Waals surface area (Å²) in [5.74, 6) is -1.73. The van der Waals surface area contributed by atoms with Crippen molar-refractivity contribution in [2.45, 2.75) is 24.8 Å². The molecule has 8 nitrogen and oxygen atoms in total. The lowest BCUT2D eigenvalue weighted by molar-refractivity contribution is -0.133. The molecule has 2 heterocycles. The average molecular weight is 475 g/mol. The minimum Gasteiger partial charge on any atom is -0.365 e. The molecule has 0 unspecified atom stereocenters. The van der Waals surface area contributed by atoms with Gasteiger partial charge in [-0.25, -0.2) is 4.79 Å². The number of fused-ring (bicyclic) bond motifs is 1. The quantitative estimate of drug-likeness (QED) is 0.476. The monoisotopic (exact) mass is 474 g/mol. The van der Waals surface area contributed by atoms with Crippen LogP contribution in [-0.4, -0.2) is 35.2 Å². The number of urea groups is 1. The number of aryl methyl sites for hydroxylation is 1. The highest BCUT2D eigenvalue weighted by Gasteiger charge is 2.54. The molecule has 0 atom stereocenters. The Labute approximate surface area is 199 Å². The predicted octanol–water partition coefficient (Wildman–Crippen LogP) is 2.77. The number of primary amides is 1. The number of rotatable bonds is 6. The second kappa shape index (κ2) is 8.42. The summed E-state index contributed by atoms with van der Waals surface area (Å²) >= 11 is 1.32. The number of carbonyl (C=O) groups excluding carboxylic acids is 4. The zero-order valence-electron chi connectivity index (χ0n) is 18.2. The van der Waals surface area contributed by atoms with Gasteiger partial charge in [-0.05, 0) is 36.0 Å². The molecular weight excluding hydrogens is 452 g/mol. The van der Waals surface area contributed by atoms with Gasteiger partial charge in [0.1, 0.15) is 11.5 Å². The molecule has 2 aliphatic rings. The molecule has 0 radical (unpaired) electrons. The smallest absolute Gasteiger partial charge is 0.326 e. The largest absolute Gasteiger partial charge is 0.365 e. The molecular formula is C25H22N4O4S. The summed E-state index contributed by atoms with van der Waals surface area (Å²) in [5.41, 5.74) is 6.52. The van der Waals surface area contributed by atoms with E-state index in [4.69, 9.17) is 5.73 Å². The molecule has 0 saturated carbocycles. The first-order chi connectivity index (χ1) is 16.4. The van der Waals surface area contributed by atoms with Gasteiger partial charge in [0, 0.05) is 4.88 Å². The van der Waals surface area contributed by atoms with Crippen molar-refractivity contribution in [3.8, 4) is 0 Å².